The van der Waals surface area contributed by atoms with Crippen LogP contribution in [-0.2, 0) is 4.74 Å². The molecule has 0 radical (unpaired) electrons. The quantitative estimate of drug-likeness (QED) is 0.779. The molecule has 0 aliphatic rings. The van der Waals surface area contributed by atoms with Crippen molar-refractivity contribution in [3.05, 3.63) is 21.9 Å². The summed E-state index contributed by atoms with van der Waals surface area (Å²) >= 11 is 1.35. The molecular formula is C14H19NO3S. The summed E-state index contributed by atoms with van der Waals surface area (Å²) in [5.74, 6) is 5.64. The van der Waals surface area contributed by atoms with E-state index in [2.05, 4.69) is 17.2 Å². The van der Waals surface area contributed by atoms with E-state index in [9.17, 15) is 4.79 Å². The van der Waals surface area contributed by atoms with Gasteiger partial charge in [0, 0.05) is 19.1 Å². The third-order valence-electron chi connectivity index (χ3n) is 2.23. The summed E-state index contributed by atoms with van der Waals surface area (Å²) in [6.45, 7) is 5.04. The van der Waals surface area contributed by atoms with Crippen LogP contribution in [0.5, 0.6) is 0 Å². The van der Waals surface area contributed by atoms with Crippen LogP contribution in [0.25, 0.3) is 0 Å². The predicted octanol–water partition coefficient (Wildman–Crippen LogP) is 1.64. The molecule has 0 spiro atoms. The molecule has 104 valence electrons. The molecule has 0 fully saturated rings. The maximum Gasteiger partial charge on any atom is 0.261 e. The lowest BCUT2D eigenvalue weighted by molar-refractivity contribution is 0.0876. The Morgan fingerprint density at radius 2 is 2.37 bits per heavy atom. The highest BCUT2D eigenvalue weighted by Gasteiger charge is 2.11. The van der Waals surface area contributed by atoms with Crippen LogP contribution in [0.2, 0.25) is 0 Å². The second-order valence-electron chi connectivity index (χ2n) is 3.97. The van der Waals surface area contributed by atoms with Crippen molar-refractivity contribution in [2.45, 2.75) is 26.3 Å². The fourth-order valence-electron chi connectivity index (χ4n) is 1.36. The maximum atomic E-state index is 11.9. The van der Waals surface area contributed by atoms with Gasteiger partial charge in [-0.1, -0.05) is 11.8 Å². The van der Waals surface area contributed by atoms with E-state index in [4.69, 9.17) is 9.84 Å². The van der Waals surface area contributed by atoms with Gasteiger partial charge in [-0.15, -0.1) is 11.3 Å². The zero-order chi connectivity index (χ0) is 14.1. The highest BCUT2D eigenvalue weighted by atomic mass is 32.1. The summed E-state index contributed by atoms with van der Waals surface area (Å²) < 4.78 is 5.25. The Balaban J connectivity index is 2.52. The van der Waals surface area contributed by atoms with E-state index < -0.39 is 0 Å². The van der Waals surface area contributed by atoms with Crippen LogP contribution in [0, 0.1) is 11.8 Å². The van der Waals surface area contributed by atoms with Crippen molar-refractivity contribution >= 4 is 17.2 Å². The van der Waals surface area contributed by atoms with Crippen LogP contribution in [0.3, 0.4) is 0 Å². The number of ether oxygens (including phenoxy) is 1. The van der Waals surface area contributed by atoms with E-state index in [1.807, 2.05) is 19.9 Å². The standard InChI is InChI=1S/C14H19NO3S/c1-3-18-10-11(2)15-14(17)13-8-7-12(19-13)6-4-5-9-16/h7-8,11,16H,3,5,9-10H2,1-2H3,(H,15,17). The highest BCUT2D eigenvalue weighted by molar-refractivity contribution is 7.14. The summed E-state index contributed by atoms with van der Waals surface area (Å²) in [6, 6.07) is 3.56. The fraction of sp³-hybridized carbons (Fsp3) is 0.500. The van der Waals surface area contributed by atoms with Crippen LogP contribution >= 0.6 is 11.3 Å². The summed E-state index contributed by atoms with van der Waals surface area (Å²) in [6.07, 6.45) is 0.449. The number of hydrogen-bond acceptors (Lipinski definition) is 4. The first-order valence-corrected chi connectivity index (χ1v) is 7.07. The monoisotopic (exact) mass is 281 g/mol. The number of hydrogen-bond donors (Lipinski definition) is 2. The molecule has 0 aliphatic heterocycles. The summed E-state index contributed by atoms with van der Waals surface area (Å²) in [5, 5.41) is 11.5. The molecular weight excluding hydrogens is 262 g/mol. The molecule has 0 saturated carbocycles. The highest BCUT2D eigenvalue weighted by Crippen LogP contribution is 2.15. The van der Waals surface area contributed by atoms with Crippen LogP contribution in [0.15, 0.2) is 12.1 Å². The third kappa shape index (κ3) is 5.88. The first-order valence-electron chi connectivity index (χ1n) is 6.25. The normalized spacial score (nSPS) is 11.5. The molecule has 1 atom stereocenters. The minimum absolute atomic E-state index is 0.0153. The Hall–Kier alpha value is -1.35. The van der Waals surface area contributed by atoms with Crippen molar-refractivity contribution in [3.8, 4) is 11.8 Å². The van der Waals surface area contributed by atoms with Gasteiger partial charge in [0.1, 0.15) is 0 Å². The SMILES string of the molecule is CCOCC(C)NC(=O)c1ccc(C#CCCO)s1. The van der Waals surface area contributed by atoms with Gasteiger partial charge in [0.15, 0.2) is 0 Å². The number of amides is 1. The zero-order valence-electron chi connectivity index (χ0n) is 11.2. The van der Waals surface area contributed by atoms with Crippen molar-refractivity contribution < 1.29 is 14.6 Å². The van der Waals surface area contributed by atoms with E-state index >= 15 is 0 Å². The average molecular weight is 281 g/mol. The Labute approximate surface area is 117 Å². The van der Waals surface area contributed by atoms with Gasteiger partial charge in [0.05, 0.1) is 23.0 Å². The zero-order valence-corrected chi connectivity index (χ0v) is 12.0. The van der Waals surface area contributed by atoms with Gasteiger partial charge in [-0.3, -0.25) is 4.79 Å². The summed E-state index contributed by atoms with van der Waals surface area (Å²) in [4.78, 5) is 13.4. The van der Waals surface area contributed by atoms with Crippen molar-refractivity contribution in [1.29, 1.82) is 0 Å². The van der Waals surface area contributed by atoms with Gasteiger partial charge < -0.3 is 15.2 Å². The summed E-state index contributed by atoms with van der Waals surface area (Å²) in [5.41, 5.74) is 0. The van der Waals surface area contributed by atoms with E-state index in [-0.39, 0.29) is 18.6 Å². The molecule has 0 bridgehead atoms. The minimum atomic E-state index is -0.104. The van der Waals surface area contributed by atoms with Crippen molar-refractivity contribution in [2.75, 3.05) is 19.8 Å². The Bertz CT molecular complexity index is 459. The molecule has 1 unspecified atom stereocenters. The second-order valence-corrected chi connectivity index (χ2v) is 5.06. The van der Waals surface area contributed by atoms with Crippen molar-refractivity contribution in [1.82, 2.24) is 5.32 Å². The smallest absolute Gasteiger partial charge is 0.261 e. The topological polar surface area (TPSA) is 58.6 Å². The van der Waals surface area contributed by atoms with Gasteiger partial charge >= 0.3 is 0 Å². The minimum Gasteiger partial charge on any atom is -0.395 e. The number of aliphatic hydroxyl groups is 1. The van der Waals surface area contributed by atoms with Crippen LogP contribution < -0.4 is 5.32 Å². The molecule has 19 heavy (non-hydrogen) atoms. The summed E-state index contributed by atoms with van der Waals surface area (Å²) in [7, 11) is 0. The fourth-order valence-corrected chi connectivity index (χ4v) is 2.15. The maximum absolute atomic E-state index is 11.9. The molecule has 0 aliphatic carbocycles. The van der Waals surface area contributed by atoms with Crippen LogP contribution in [0.1, 0.15) is 34.8 Å². The predicted molar refractivity (Wildman–Crippen MR) is 76.3 cm³/mol. The van der Waals surface area contributed by atoms with Crippen molar-refractivity contribution in [3.63, 3.8) is 0 Å². The van der Waals surface area contributed by atoms with E-state index in [0.29, 0.717) is 24.5 Å². The number of carbonyl (C=O) groups is 1. The molecule has 1 aromatic rings. The lowest BCUT2D eigenvalue weighted by Crippen LogP contribution is -2.35. The van der Waals surface area contributed by atoms with E-state index in [0.717, 1.165) is 4.88 Å². The molecule has 4 nitrogen and oxygen atoms in total. The molecule has 0 aromatic carbocycles. The van der Waals surface area contributed by atoms with Crippen LogP contribution in [0.4, 0.5) is 0 Å². The molecule has 1 heterocycles. The largest absolute Gasteiger partial charge is 0.395 e. The molecule has 0 saturated heterocycles. The Kier molecular flexibility index (Phi) is 7.19. The lowest BCUT2D eigenvalue weighted by Gasteiger charge is -2.12. The number of carbonyl (C=O) groups excluding carboxylic acids is 1. The van der Waals surface area contributed by atoms with Crippen LogP contribution in [-0.4, -0.2) is 36.9 Å². The van der Waals surface area contributed by atoms with Gasteiger partial charge in [-0.05, 0) is 26.0 Å². The number of thiophene rings is 1. The Morgan fingerprint density at radius 1 is 1.58 bits per heavy atom. The van der Waals surface area contributed by atoms with Crippen molar-refractivity contribution in [2.24, 2.45) is 0 Å². The molecule has 1 aromatic heterocycles. The number of nitrogens with one attached hydrogen (secondary N) is 1. The lowest BCUT2D eigenvalue weighted by atomic mass is 10.3. The molecule has 2 N–H and O–H groups in total. The molecule has 1 rings (SSSR count). The Morgan fingerprint density at radius 3 is 3.05 bits per heavy atom. The molecule has 1 amide bonds. The first-order chi connectivity index (χ1) is 9.17. The third-order valence-corrected chi connectivity index (χ3v) is 3.23. The first kappa shape index (κ1) is 15.7. The van der Waals surface area contributed by atoms with E-state index in [1.165, 1.54) is 11.3 Å². The van der Waals surface area contributed by atoms with E-state index in [1.54, 1.807) is 6.07 Å². The average Bonchev–Trinajstić information content (AvgIpc) is 2.85. The number of rotatable bonds is 6. The second kappa shape index (κ2) is 8.70. The van der Waals surface area contributed by atoms with Gasteiger partial charge in [-0.2, -0.15) is 0 Å². The van der Waals surface area contributed by atoms with Gasteiger partial charge in [0.2, 0.25) is 0 Å². The van der Waals surface area contributed by atoms with Gasteiger partial charge in [-0.25, -0.2) is 0 Å². The molecule has 5 heteroatoms. The van der Waals surface area contributed by atoms with Gasteiger partial charge in [0.25, 0.3) is 5.91 Å². The number of aliphatic hydroxyl groups excluding tert-OH is 1.